The van der Waals surface area contributed by atoms with Crippen LogP contribution in [0.15, 0.2) is 170 Å². The highest BCUT2D eigenvalue weighted by molar-refractivity contribution is 6.11. The maximum absolute atomic E-state index is 2.57. The third kappa shape index (κ3) is 4.07. The van der Waals surface area contributed by atoms with E-state index in [1.165, 1.54) is 77.9 Å². The summed E-state index contributed by atoms with van der Waals surface area (Å²) in [5.41, 5.74) is 15.2. The van der Waals surface area contributed by atoms with Crippen molar-refractivity contribution in [3.05, 3.63) is 192 Å². The lowest BCUT2D eigenvalue weighted by molar-refractivity contribution is 0.660. The van der Waals surface area contributed by atoms with Gasteiger partial charge in [-0.15, -0.1) is 0 Å². The van der Waals surface area contributed by atoms with Crippen molar-refractivity contribution in [2.24, 2.45) is 5.92 Å². The monoisotopic (exact) mass is 628 g/mol. The molecule has 2 heteroatoms. The van der Waals surface area contributed by atoms with Gasteiger partial charge in [0.1, 0.15) is 0 Å². The van der Waals surface area contributed by atoms with Crippen LogP contribution in [0.5, 0.6) is 0 Å². The molecule has 2 atom stereocenters. The molecule has 0 aliphatic heterocycles. The molecule has 6 aromatic carbocycles. The molecule has 3 aliphatic rings. The predicted molar refractivity (Wildman–Crippen MR) is 206 cm³/mol. The van der Waals surface area contributed by atoms with E-state index in [0.717, 1.165) is 0 Å². The highest BCUT2D eigenvalue weighted by Gasteiger charge is 2.40. The van der Waals surface area contributed by atoms with Crippen LogP contribution in [0.1, 0.15) is 42.0 Å². The molecule has 0 saturated carbocycles. The van der Waals surface area contributed by atoms with E-state index >= 15 is 0 Å². The van der Waals surface area contributed by atoms with Gasteiger partial charge in [0.05, 0.1) is 22.4 Å². The van der Waals surface area contributed by atoms with Crippen molar-refractivity contribution in [2.75, 3.05) is 4.90 Å². The third-order valence-electron chi connectivity index (χ3n) is 11.1. The first kappa shape index (κ1) is 28.2. The van der Waals surface area contributed by atoms with Crippen LogP contribution >= 0.6 is 0 Å². The number of rotatable bonds is 4. The normalized spacial score (nSPS) is 18.1. The first-order chi connectivity index (χ1) is 24.1. The van der Waals surface area contributed by atoms with Gasteiger partial charge in [-0.2, -0.15) is 0 Å². The molecule has 2 nitrogen and oxygen atoms in total. The molecule has 0 fully saturated rings. The molecule has 0 saturated heterocycles. The van der Waals surface area contributed by atoms with Crippen LogP contribution in [0.25, 0.3) is 44.3 Å². The van der Waals surface area contributed by atoms with E-state index in [9.17, 15) is 0 Å². The standard InChI is InChI=1S/C47H36N2/c1-47(2)41-24-12-10-20-36(41)39-23-14-26-44(46(39)47)49(45-29-31-15-6-7-18-34(31)35-19-8-9-21-37(35)45)33-27-28-43-40(30-33)38-22-11-13-25-42(38)48(43)32-16-4-3-5-17-32/h3-31,34H,1-2H3. The van der Waals surface area contributed by atoms with Crippen molar-refractivity contribution >= 4 is 38.9 Å². The molecule has 10 rings (SSSR count). The lowest BCUT2D eigenvalue weighted by atomic mass is 9.75. The number of para-hydroxylation sites is 2. The van der Waals surface area contributed by atoms with E-state index in [1.807, 2.05) is 0 Å². The molecule has 1 aromatic heterocycles. The van der Waals surface area contributed by atoms with Crippen LogP contribution in [-0.4, -0.2) is 4.57 Å². The van der Waals surface area contributed by atoms with Gasteiger partial charge in [-0.3, -0.25) is 0 Å². The van der Waals surface area contributed by atoms with Gasteiger partial charge < -0.3 is 9.47 Å². The second-order valence-corrected chi connectivity index (χ2v) is 14.1. The number of benzene rings is 6. The molecule has 2 unspecified atom stereocenters. The number of hydrogen-bond acceptors (Lipinski definition) is 1. The Kier molecular flexibility index (Phi) is 6.08. The van der Waals surface area contributed by atoms with Crippen LogP contribution in [0.3, 0.4) is 0 Å². The fourth-order valence-corrected chi connectivity index (χ4v) is 8.95. The fourth-order valence-electron chi connectivity index (χ4n) is 8.95. The molecule has 0 bridgehead atoms. The van der Waals surface area contributed by atoms with Crippen LogP contribution in [0.2, 0.25) is 0 Å². The van der Waals surface area contributed by atoms with Gasteiger partial charge in [-0.1, -0.05) is 141 Å². The smallest absolute Gasteiger partial charge is 0.0542 e. The minimum atomic E-state index is -0.168. The summed E-state index contributed by atoms with van der Waals surface area (Å²) in [4.78, 5) is 2.57. The Hall–Kier alpha value is -5.86. The summed E-state index contributed by atoms with van der Waals surface area (Å²) in [5, 5.41) is 2.51. The van der Waals surface area contributed by atoms with Gasteiger partial charge in [-0.25, -0.2) is 0 Å². The predicted octanol–water partition coefficient (Wildman–Crippen LogP) is 12.1. The lowest BCUT2D eigenvalue weighted by Crippen LogP contribution is -2.26. The summed E-state index contributed by atoms with van der Waals surface area (Å²) >= 11 is 0. The van der Waals surface area contributed by atoms with Crippen LogP contribution in [0, 0.1) is 5.92 Å². The summed E-state index contributed by atoms with van der Waals surface area (Å²) in [6, 6.07) is 51.5. The quantitative estimate of drug-likeness (QED) is 0.188. The van der Waals surface area contributed by atoms with Gasteiger partial charge in [0.25, 0.3) is 0 Å². The Bertz CT molecular complexity index is 2540. The van der Waals surface area contributed by atoms with Crippen LogP contribution in [-0.2, 0) is 5.41 Å². The number of nitrogens with zero attached hydrogens (tertiary/aromatic N) is 2. The maximum Gasteiger partial charge on any atom is 0.0542 e. The molecular formula is C47H36N2. The Morgan fingerprint density at radius 1 is 0.592 bits per heavy atom. The Balaban J connectivity index is 1.27. The molecule has 0 N–H and O–H groups in total. The molecule has 0 spiro atoms. The summed E-state index contributed by atoms with van der Waals surface area (Å²) in [5.74, 6) is 0.614. The maximum atomic E-state index is 2.57. The number of fused-ring (bicyclic) bond motifs is 9. The summed E-state index contributed by atoms with van der Waals surface area (Å²) in [6.45, 7) is 4.79. The molecule has 234 valence electrons. The van der Waals surface area contributed by atoms with Crippen LogP contribution < -0.4 is 4.90 Å². The highest BCUT2D eigenvalue weighted by Crippen LogP contribution is 2.55. The molecule has 3 aliphatic carbocycles. The lowest BCUT2D eigenvalue weighted by Gasteiger charge is -2.38. The summed E-state index contributed by atoms with van der Waals surface area (Å²) in [7, 11) is 0. The zero-order chi connectivity index (χ0) is 32.7. The first-order valence-electron chi connectivity index (χ1n) is 17.4. The minimum Gasteiger partial charge on any atom is -0.310 e. The fraction of sp³-hybridized carbons (Fsp3) is 0.106. The van der Waals surface area contributed by atoms with Crippen LogP contribution in [0.4, 0.5) is 11.4 Å². The van der Waals surface area contributed by atoms with Crippen molar-refractivity contribution in [3.8, 4) is 16.8 Å². The molecule has 49 heavy (non-hydrogen) atoms. The molecule has 0 amide bonds. The zero-order valence-corrected chi connectivity index (χ0v) is 27.7. The van der Waals surface area contributed by atoms with Gasteiger partial charge in [0.2, 0.25) is 0 Å². The van der Waals surface area contributed by atoms with Gasteiger partial charge in [0.15, 0.2) is 0 Å². The van der Waals surface area contributed by atoms with Crippen molar-refractivity contribution in [2.45, 2.75) is 25.2 Å². The van der Waals surface area contributed by atoms with E-state index in [-0.39, 0.29) is 11.3 Å². The first-order valence-corrected chi connectivity index (χ1v) is 17.4. The van der Waals surface area contributed by atoms with Crippen molar-refractivity contribution in [1.82, 2.24) is 4.57 Å². The average molecular weight is 629 g/mol. The van der Waals surface area contributed by atoms with E-state index in [4.69, 9.17) is 0 Å². The summed E-state index contributed by atoms with van der Waals surface area (Å²) in [6.07, 6.45) is 11.7. The zero-order valence-electron chi connectivity index (χ0n) is 27.7. The highest BCUT2D eigenvalue weighted by atomic mass is 15.2. The van der Waals surface area contributed by atoms with E-state index < -0.39 is 0 Å². The second kappa shape index (κ2) is 10.6. The molecule has 0 radical (unpaired) electrons. The van der Waals surface area contributed by atoms with Gasteiger partial charge in [-0.05, 0) is 70.3 Å². The third-order valence-corrected chi connectivity index (χ3v) is 11.1. The number of anilines is 2. The largest absolute Gasteiger partial charge is 0.310 e. The molecule has 1 heterocycles. The number of allylic oxidation sites excluding steroid dienone is 5. The summed E-state index contributed by atoms with van der Waals surface area (Å²) < 4.78 is 2.40. The molecule has 7 aromatic rings. The Morgan fingerprint density at radius 2 is 1.31 bits per heavy atom. The molecular weight excluding hydrogens is 593 g/mol. The van der Waals surface area contributed by atoms with E-state index in [0.29, 0.717) is 5.92 Å². The SMILES string of the molecule is CC1(C)c2ccccc2-c2cccc(N(C3=CC4C=CC=CC4c4ccccc43)c3ccc4c(c3)c3ccccc3n4-c3ccccc3)c21. The van der Waals surface area contributed by atoms with Crippen molar-refractivity contribution in [3.63, 3.8) is 0 Å². The van der Waals surface area contributed by atoms with E-state index in [2.05, 4.69) is 193 Å². The average Bonchev–Trinajstić information content (AvgIpc) is 3.61. The van der Waals surface area contributed by atoms with Crippen molar-refractivity contribution < 1.29 is 0 Å². The Morgan fingerprint density at radius 3 is 2.20 bits per heavy atom. The second-order valence-electron chi connectivity index (χ2n) is 14.1. The Labute approximate surface area is 287 Å². The van der Waals surface area contributed by atoms with Crippen molar-refractivity contribution in [1.29, 1.82) is 0 Å². The number of aromatic nitrogens is 1. The van der Waals surface area contributed by atoms with Gasteiger partial charge >= 0.3 is 0 Å². The minimum absolute atomic E-state index is 0.168. The number of hydrogen-bond donors (Lipinski definition) is 0. The van der Waals surface area contributed by atoms with Gasteiger partial charge in [0, 0.05) is 45.0 Å². The van der Waals surface area contributed by atoms with E-state index in [1.54, 1.807) is 0 Å². The topological polar surface area (TPSA) is 8.17 Å².